The standard InChI is InChI=1S/C22H15ClN2O/c23-18-11-9-17(10-12-18)21-19-3-1-2-4-20(19)22(26)25(21)14-16-7-5-15(13-24)6-8-16/h1-12,21H,14H2. The highest BCUT2D eigenvalue weighted by Gasteiger charge is 2.37. The number of fused-ring (bicyclic) bond motifs is 1. The number of carbonyl (C=O) groups is 1. The van der Waals surface area contributed by atoms with Crippen molar-refractivity contribution in [3.05, 3.63) is 106 Å². The van der Waals surface area contributed by atoms with Crippen LogP contribution in [0.1, 0.15) is 38.7 Å². The molecule has 0 N–H and O–H groups in total. The molecule has 3 nitrogen and oxygen atoms in total. The van der Waals surface area contributed by atoms with Crippen LogP contribution in [0.4, 0.5) is 0 Å². The monoisotopic (exact) mass is 358 g/mol. The van der Waals surface area contributed by atoms with Gasteiger partial charge in [-0.2, -0.15) is 5.26 Å². The van der Waals surface area contributed by atoms with Crippen LogP contribution in [0.25, 0.3) is 0 Å². The minimum Gasteiger partial charge on any atom is -0.323 e. The van der Waals surface area contributed by atoms with Gasteiger partial charge in [0.15, 0.2) is 0 Å². The number of nitrogens with zero attached hydrogens (tertiary/aromatic N) is 2. The molecule has 3 aromatic rings. The Hall–Kier alpha value is -3.09. The lowest BCUT2D eigenvalue weighted by Crippen LogP contribution is -2.28. The van der Waals surface area contributed by atoms with Gasteiger partial charge in [0.2, 0.25) is 0 Å². The van der Waals surface area contributed by atoms with Gasteiger partial charge in [0, 0.05) is 17.1 Å². The zero-order valence-electron chi connectivity index (χ0n) is 13.9. The van der Waals surface area contributed by atoms with E-state index >= 15 is 0 Å². The topological polar surface area (TPSA) is 44.1 Å². The largest absolute Gasteiger partial charge is 0.323 e. The Balaban J connectivity index is 1.74. The van der Waals surface area contributed by atoms with E-state index in [1.165, 1.54) is 0 Å². The Morgan fingerprint density at radius 3 is 2.35 bits per heavy atom. The molecular weight excluding hydrogens is 344 g/mol. The van der Waals surface area contributed by atoms with E-state index in [1.54, 1.807) is 12.1 Å². The Morgan fingerprint density at radius 1 is 0.962 bits per heavy atom. The molecule has 0 aliphatic carbocycles. The highest BCUT2D eigenvalue weighted by atomic mass is 35.5. The predicted molar refractivity (Wildman–Crippen MR) is 101 cm³/mol. The summed E-state index contributed by atoms with van der Waals surface area (Å²) >= 11 is 6.04. The molecule has 1 aliphatic rings. The Morgan fingerprint density at radius 2 is 1.65 bits per heavy atom. The van der Waals surface area contributed by atoms with Gasteiger partial charge in [0.05, 0.1) is 17.7 Å². The van der Waals surface area contributed by atoms with Crippen LogP contribution < -0.4 is 0 Å². The predicted octanol–water partition coefficient (Wildman–Crippen LogP) is 4.96. The van der Waals surface area contributed by atoms with Crippen molar-refractivity contribution in [2.24, 2.45) is 0 Å². The average Bonchev–Trinajstić information content (AvgIpc) is 2.95. The smallest absolute Gasteiger partial charge is 0.255 e. The van der Waals surface area contributed by atoms with Crippen molar-refractivity contribution in [1.82, 2.24) is 4.90 Å². The molecule has 0 spiro atoms. The third-order valence-corrected chi connectivity index (χ3v) is 4.93. The molecule has 1 amide bonds. The lowest BCUT2D eigenvalue weighted by molar-refractivity contribution is 0.0736. The molecule has 4 heteroatoms. The van der Waals surface area contributed by atoms with Crippen LogP contribution in [0, 0.1) is 11.3 Å². The molecule has 0 bridgehead atoms. The van der Waals surface area contributed by atoms with E-state index in [0.29, 0.717) is 17.1 Å². The van der Waals surface area contributed by atoms with Gasteiger partial charge in [0.1, 0.15) is 0 Å². The first kappa shape index (κ1) is 16.4. The zero-order chi connectivity index (χ0) is 18.1. The fourth-order valence-electron chi connectivity index (χ4n) is 3.42. The summed E-state index contributed by atoms with van der Waals surface area (Å²) in [5.41, 5.74) is 4.37. The number of hydrogen-bond acceptors (Lipinski definition) is 2. The van der Waals surface area contributed by atoms with Crippen molar-refractivity contribution in [2.75, 3.05) is 0 Å². The van der Waals surface area contributed by atoms with E-state index < -0.39 is 0 Å². The van der Waals surface area contributed by atoms with E-state index in [0.717, 1.165) is 22.3 Å². The molecule has 0 radical (unpaired) electrons. The van der Waals surface area contributed by atoms with Crippen molar-refractivity contribution >= 4 is 17.5 Å². The van der Waals surface area contributed by atoms with E-state index in [2.05, 4.69) is 6.07 Å². The minimum absolute atomic E-state index is 0.0184. The number of benzene rings is 3. The van der Waals surface area contributed by atoms with Crippen LogP contribution in [-0.4, -0.2) is 10.8 Å². The van der Waals surface area contributed by atoms with Gasteiger partial charge in [-0.25, -0.2) is 0 Å². The SMILES string of the molecule is N#Cc1ccc(CN2C(=O)c3ccccc3C2c2ccc(Cl)cc2)cc1. The first-order valence-electron chi connectivity index (χ1n) is 8.32. The molecule has 126 valence electrons. The van der Waals surface area contributed by atoms with Crippen LogP contribution in [0.3, 0.4) is 0 Å². The van der Waals surface area contributed by atoms with Gasteiger partial charge in [-0.3, -0.25) is 4.79 Å². The van der Waals surface area contributed by atoms with Gasteiger partial charge in [0.25, 0.3) is 5.91 Å². The fraction of sp³-hybridized carbons (Fsp3) is 0.0909. The van der Waals surface area contributed by atoms with Crippen molar-refractivity contribution in [1.29, 1.82) is 5.26 Å². The summed E-state index contributed by atoms with van der Waals surface area (Å²) in [7, 11) is 0. The van der Waals surface area contributed by atoms with Crippen molar-refractivity contribution < 1.29 is 4.79 Å². The van der Waals surface area contributed by atoms with Crippen molar-refractivity contribution in [3.8, 4) is 6.07 Å². The summed E-state index contributed by atoms with van der Waals surface area (Å²) in [6.45, 7) is 0.479. The Bertz CT molecular complexity index is 1000. The van der Waals surface area contributed by atoms with Crippen molar-refractivity contribution in [3.63, 3.8) is 0 Å². The summed E-state index contributed by atoms with van der Waals surface area (Å²) in [6.07, 6.45) is 0. The van der Waals surface area contributed by atoms with Gasteiger partial charge in [-0.1, -0.05) is 54.1 Å². The lowest BCUT2D eigenvalue weighted by Gasteiger charge is -2.26. The number of rotatable bonds is 3. The summed E-state index contributed by atoms with van der Waals surface area (Å²) < 4.78 is 0. The average molecular weight is 359 g/mol. The van der Waals surface area contributed by atoms with E-state index in [4.69, 9.17) is 16.9 Å². The fourth-order valence-corrected chi connectivity index (χ4v) is 3.55. The molecule has 1 atom stereocenters. The second-order valence-corrected chi connectivity index (χ2v) is 6.72. The maximum atomic E-state index is 13.0. The Labute approximate surface area is 157 Å². The molecule has 1 unspecified atom stereocenters. The lowest BCUT2D eigenvalue weighted by atomic mass is 9.98. The number of carbonyl (C=O) groups excluding carboxylic acids is 1. The number of halogens is 1. The van der Waals surface area contributed by atoms with E-state index in [9.17, 15) is 4.79 Å². The normalized spacial score (nSPS) is 15.6. The van der Waals surface area contributed by atoms with Crippen LogP contribution in [0.15, 0.2) is 72.8 Å². The van der Waals surface area contributed by atoms with Crippen LogP contribution in [-0.2, 0) is 6.54 Å². The molecule has 1 heterocycles. The summed E-state index contributed by atoms with van der Waals surface area (Å²) in [5.74, 6) is 0.0184. The minimum atomic E-state index is -0.147. The van der Waals surface area contributed by atoms with E-state index in [-0.39, 0.29) is 11.9 Å². The molecule has 1 aliphatic heterocycles. The third kappa shape index (κ3) is 2.85. The highest BCUT2D eigenvalue weighted by molar-refractivity contribution is 6.30. The molecule has 3 aromatic carbocycles. The first-order chi connectivity index (χ1) is 12.7. The molecular formula is C22H15ClN2O. The summed E-state index contributed by atoms with van der Waals surface area (Å²) in [5, 5.41) is 9.63. The van der Waals surface area contributed by atoms with Crippen LogP contribution in [0.2, 0.25) is 5.02 Å². The van der Waals surface area contributed by atoms with Gasteiger partial charge >= 0.3 is 0 Å². The Kier molecular flexibility index (Phi) is 4.20. The molecule has 0 fully saturated rings. The quantitative estimate of drug-likeness (QED) is 0.664. The summed E-state index contributed by atoms with van der Waals surface area (Å²) in [4.78, 5) is 14.9. The maximum absolute atomic E-state index is 13.0. The van der Waals surface area contributed by atoms with Crippen LogP contribution >= 0.6 is 11.6 Å². The number of nitriles is 1. The second kappa shape index (κ2) is 6.67. The summed E-state index contributed by atoms with van der Waals surface area (Å²) in [6, 6.07) is 24.7. The first-order valence-corrected chi connectivity index (χ1v) is 8.69. The highest BCUT2D eigenvalue weighted by Crippen LogP contribution is 2.39. The second-order valence-electron chi connectivity index (χ2n) is 6.28. The van der Waals surface area contributed by atoms with Gasteiger partial charge in [-0.05, 0) is 47.0 Å². The van der Waals surface area contributed by atoms with Gasteiger partial charge in [-0.15, -0.1) is 0 Å². The number of hydrogen-bond donors (Lipinski definition) is 0. The molecule has 4 rings (SSSR count). The maximum Gasteiger partial charge on any atom is 0.255 e. The molecule has 0 aromatic heterocycles. The third-order valence-electron chi connectivity index (χ3n) is 4.68. The molecule has 0 saturated heterocycles. The van der Waals surface area contributed by atoms with Gasteiger partial charge < -0.3 is 4.90 Å². The van der Waals surface area contributed by atoms with Crippen LogP contribution in [0.5, 0.6) is 0 Å². The molecule has 0 saturated carbocycles. The molecule has 26 heavy (non-hydrogen) atoms. The van der Waals surface area contributed by atoms with E-state index in [1.807, 2.05) is 65.6 Å². The number of amides is 1. The zero-order valence-corrected chi connectivity index (χ0v) is 14.6. The van der Waals surface area contributed by atoms with Crippen molar-refractivity contribution in [2.45, 2.75) is 12.6 Å².